The zero-order valence-corrected chi connectivity index (χ0v) is 15.4. The third kappa shape index (κ3) is 2.34. The Hall–Kier alpha value is -0.670. The lowest BCUT2D eigenvalue weighted by molar-refractivity contribution is -0.152. The molecule has 0 N–H and O–H groups in total. The minimum Gasteiger partial charge on any atom is -0.359 e. The zero-order chi connectivity index (χ0) is 16.9. The molecule has 0 bridgehead atoms. The van der Waals surface area contributed by atoms with Crippen molar-refractivity contribution in [1.82, 2.24) is 0 Å². The fraction of sp³-hybridized carbons (Fsp3) is 0.857. The second kappa shape index (κ2) is 5.95. The highest BCUT2D eigenvalue weighted by molar-refractivity contribution is 5.97. The van der Waals surface area contributed by atoms with Crippen LogP contribution < -0.4 is 0 Å². The van der Waals surface area contributed by atoms with Gasteiger partial charge in [0.2, 0.25) is 0 Å². The molecule has 24 heavy (non-hydrogen) atoms. The Kier molecular flexibility index (Phi) is 4.16. The number of ether oxygens (including phenoxy) is 2. The molecular formula is C21H32O3. The van der Waals surface area contributed by atoms with E-state index in [1.165, 1.54) is 32.1 Å². The predicted octanol–water partition coefficient (Wildman–Crippen LogP) is 4.36. The van der Waals surface area contributed by atoms with Crippen LogP contribution in [0.25, 0.3) is 0 Å². The van der Waals surface area contributed by atoms with Gasteiger partial charge in [0.05, 0.1) is 6.10 Å². The highest BCUT2D eigenvalue weighted by Gasteiger charge is 2.59. The highest BCUT2D eigenvalue weighted by Crippen LogP contribution is 2.64. The second-order valence-corrected chi connectivity index (χ2v) is 9.23. The molecule has 0 unspecified atom stereocenters. The summed E-state index contributed by atoms with van der Waals surface area (Å²) in [5.41, 5.74) is 0.347. The van der Waals surface area contributed by atoms with E-state index in [0.717, 1.165) is 24.7 Å². The average molecular weight is 332 g/mol. The first kappa shape index (κ1) is 16.8. The van der Waals surface area contributed by atoms with E-state index >= 15 is 0 Å². The van der Waals surface area contributed by atoms with Crippen molar-refractivity contribution >= 4 is 5.78 Å². The van der Waals surface area contributed by atoms with Crippen LogP contribution >= 0.6 is 0 Å². The first-order valence-corrected chi connectivity index (χ1v) is 9.82. The number of carbonyl (C=O) groups excluding carboxylic acids is 1. The van der Waals surface area contributed by atoms with Crippen LogP contribution in [0.15, 0.2) is 12.2 Å². The number of allylic oxidation sites excluding steroid dienone is 2. The first-order chi connectivity index (χ1) is 11.5. The van der Waals surface area contributed by atoms with Crippen LogP contribution in [0.3, 0.4) is 0 Å². The van der Waals surface area contributed by atoms with Gasteiger partial charge in [-0.05, 0) is 80.1 Å². The number of hydrogen-bond acceptors (Lipinski definition) is 3. The monoisotopic (exact) mass is 332 g/mol. The van der Waals surface area contributed by atoms with Gasteiger partial charge in [0, 0.05) is 12.5 Å². The van der Waals surface area contributed by atoms with E-state index in [4.69, 9.17) is 9.47 Å². The molecule has 0 radical (unpaired) electrons. The molecule has 134 valence electrons. The summed E-state index contributed by atoms with van der Waals surface area (Å²) in [7, 11) is 1.70. The van der Waals surface area contributed by atoms with Crippen molar-refractivity contribution in [2.24, 2.45) is 34.5 Å². The molecule has 0 heterocycles. The zero-order valence-electron chi connectivity index (χ0n) is 15.4. The van der Waals surface area contributed by atoms with E-state index in [1.807, 2.05) is 6.08 Å². The van der Waals surface area contributed by atoms with Gasteiger partial charge < -0.3 is 9.47 Å². The molecule has 7 atom stereocenters. The van der Waals surface area contributed by atoms with Gasteiger partial charge in [-0.25, -0.2) is 0 Å². The van der Waals surface area contributed by atoms with Crippen LogP contribution in [-0.2, 0) is 14.3 Å². The molecule has 4 rings (SSSR count). The summed E-state index contributed by atoms with van der Waals surface area (Å²) < 4.78 is 11.0. The maximum atomic E-state index is 12.4. The molecular weight excluding hydrogens is 300 g/mol. The van der Waals surface area contributed by atoms with Crippen LogP contribution in [0.4, 0.5) is 0 Å². The van der Waals surface area contributed by atoms with E-state index in [2.05, 4.69) is 19.9 Å². The molecule has 0 aromatic carbocycles. The lowest BCUT2D eigenvalue weighted by Gasteiger charge is -2.60. The Labute approximate surface area is 146 Å². The predicted molar refractivity (Wildman–Crippen MR) is 93.4 cm³/mol. The lowest BCUT2D eigenvalue weighted by Crippen LogP contribution is -2.54. The SMILES string of the molecule is COCO[C@H]1CC[C@@]2(C)[C@@H](CC[C@H]3[C@H]4C=CC(=O)[C@@]4(C)CC[C@@H]32)C1. The summed E-state index contributed by atoms with van der Waals surface area (Å²) in [4.78, 5) is 12.4. The Bertz CT molecular complexity index is 541. The van der Waals surface area contributed by atoms with E-state index in [1.54, 1.807) is 7.11 Å². The van der Waals surface area contributed by atoms with Gasteiger partial charge in [0.25, 0.3) is 0 Å². The van der Waals surface area contributed by atoms with Gasteiger partial charge in [-0.1, -0.05) is 19.9 Å². The molecule has 3 fully saturated rings. The minimum absolute atomic E-state index is 0.0941. The van der Waals surface area contributed by atoms with Crippen molar-refractivity contribution in [1.29, 1.82) is 0 Å². The van der Waals surface area contributed by atoms with Crippen molar-refractivity contribution < 1.29 is 14.3 Å². The van der Waals surface area contributed by atoms with Gasteiger partial charge in [-0.15, -0.1) is 0 Å². The van der Waals surface area contributed by atoms with Crippen LogP contribution in [0.5, 0.6) is 0 Å². The van der Waals surface area contributed by atoms with Crippen LogP contribution in [-0.4, -0.2) is 25.8 Å². The highest BCUT2D eigenvalue weighted by atomic mass is 16.7. The quantitative estimate of drug-likeness (QED) is 0.720. The van der Waals surface area contributed by atoms with Gasteiger partial charge in [-0.2, -0.15) is 0 Å². The Balaban J connectivity index is 1.52. The second-order valence-electron chi connectivity index (χ2n) is 9.23. The lowest BCUT2D eigenvalue weighted by atomic mass is 9.45. The van der Waals surface area contributed by atoms with Crippen molar-refractivity contribution in [3.8, 4) is 0 Å². The van der Waals surface area contributed by atoms with Crippen molar-refractivity contribution in [2.45, 2.75) is 64.9 Å². The summed E-state index contributed by atoms with van der Waals surface area (Å²) in [6.45, 7) is 5.19. The molecule has 0 aromatic heterocycles. The third-order valence-corrected chi connectivity index (χ3v) is 8.31. The standard InChI is InChI=1S/C21H32O3/c1-20-10-8-15(24-13-23-3)12-14(20)4-5-16-17-6-7-19(22)21(17,2)11-9-18(16)20/h6-7,14-18H,4-5,8-13H2,1-3H3/t14-,15-,16-,17+,18-,20-,21-/m0/s1. The first-order valence-electron chi connectivity index (χ1n) is 9.82. The van der Waals surface area contributed by atoms with Crippen LogP contribution in [0.2, 0.25) is 0 Å². The summed E-state index contributed by atoms with van der Waals surface area (Å²) in [6, 6.07) is 0. The molecule has 0 spiro atoms. The molecule has 0 saturated heterocycles. The number of carbonyl (C=O) groups is 1. The minimum atomic E-state index is -0.0941. The molecule has 3 nitrogen and oxygen atoms in total. The van der Waals surface area contributed by atoms with E-state index in [0.29, 0.717) is 35.9 Å². The Morgan fingerprint density at radius 3 is 2.79 bits per heavy atom. The van der Waals surface area contributed by atoms with Crippen LogP contribution in [0, 0.1) is 34.5 Å². The Morgan fingerprint density at radius 2 is 2.00 bits per heavy atom. The summed E-state index contributed by atoms with van der Waals surface area (Å²) in [5.74, 6) is 3.15. The number of rotatable bonds is 3. The smallest absolute Gasteiger partial charge is 0.161 e. The van der Waals surface area contributed by atoms with Crippen molar-refractivity contribution in [3.63, 3.8) is 0 Å². The third-order valence-electron chi connectivity index (χ3n) is 8.31. The fourth-order valence-electron chi connectivity index (χ4n) is 6.81. The van der Waals surface area contributed by atoms with E-state index in [9.17, 15) is 4.79 Å². The number of hydrogen-bond donors (Lipinski definition) is 0. The number of methoxy groups -OCH3 is 1. The molecule has 3 saturated carbocycles. The van der Waals surface area contributed by atoms with Crippen molar-refractivity contribution in [2.75, 3.05) is 13.9 Å². The largest absolute Gasteiger partial charge is 0.359 e. The topological polar surface area (TPSA) is 35.5 Å². The summed E-state index contributed by atoms with van der Waals surface area (Å²) >= 11 is 0. The summed E-state index contributed by atoms with van der Waals surface area (Å²) in [5, 5.41) is 0. The fourth-order valence-corrected chi connectivity index (χ4v) is 6.81. The van der Waals surface area contributed by atoms with Crippen LogP contribution in [0.1, 0.15) is 58.8 Å². The van der Waals surface area contributed by atoms with Gasteiger partial charge in [0.1, 0.15) is 6.79 Å². The van der Waals surface area contributed by atoms with Crippen molar-refractivity contribution in [3.05, 3.63) is 12.2 Å². The molecule has 0 amide bonds. The average Bonchev–Trinajstić information content (AvgIpc) is 2.88. The van der Waals surface area contributed by atoms with Gasteiger partial charge in [-0.3, -0.25) is 4.79 Å². The molecule has 4 aliphatic rings. The number of ketones is 1. The maximum Gasteiger partial charge on any atom is 0.161 e. The van der Waals surface area contributed by atoms with Gasteiger partial charge in [0.15, 0.2) is 5.78 Å². The Morgan fingerprint density at radius 1 is 1.17 bits per heavy atom. The molecule has 4 aliphatic carbocycles. The summed E-state index contributed by atoms with van der Waals surface area (Å²) in [6.07, 6.45) is 13.1. The normalized spacial score (nSPS) is 50.3. The van der Waals surface area contributed by atoms with E-state index in [-0.39, 0.29) is 5.41 Å². The van der Waals surface area contributed by atoms with E-state index < -0.39 is 0 Å². The molecule has 0 aliphatic heterocycles. The number of fused-ring (bicyclic) bond motifs is 5. The molecule has 0 aromatic rings. The molecule has 3 heteroatoms. The van der Waals surface area contributed by atoms with Gasteiger partial charge >= 0.3 is 0 Å². The maximum absolute atomic E-state index is 12.4.